The summed E-state index contributed by atoms with van der Waals surface area (Å²) in [5.41, 5.74) is 0.197. The molecule has 2 rings (SSSR count). The monoisotopic (exact) mass is 373 g/mol. The molecule has 23 heavy (non-hydrogen) atoms. The van der Waals surface area contributed by atoms with Crippen molar-refractivity contribution < 1.29 is 13.3 Å². The summed E-state index contributed by atoms with van der Waals surface area (Å²) < 4.78 is 24.0. The first-order valence-electron chi connectivity index (χ1n) is 6.04. The molecular weight excluding hydrogens is 365 g/mol. The number of hydrogen-bond donors (Lipinski definition) is 1. The van der Waals surface area contributed by atoms with Crippen molar-refractivity contribution in [2.75, 3.05) is 0 Å². The zero-order valence-electron chi connectivity index (χ0n) is 11.3. The van der Waals surface area contributed by atoms with Crippen molar-refractivity contribution in [1.82, 2.24) is 4.83 Å². The molecule has 2 aromatic rings. The van der Waals surface area contributed by atoms with E-state index < -0.39 is 14.9 Å². The molecule has 0 aliphatic heterocycles. The molecule has 120 valence electrons. The Morgan fingerprint density at radius 3 is 2.52 bits per heavy atom. The van der Waals surface area contributed by atoms with Crippen LogP contribution in [-0.2, 0) is 10.0 Å². The van der Waals surface area contributed by atoms with E-state index >= 15 is 0 Å². The molecule has 0 amide bonds. The molecule has 0 unspecified atom stereocenters. The maximum Gasteiger partial charge on any atom is 0.276 e. The predicted molar refractivity (Wildman–Crippen MR) is 87.5 cm³/mol. The Kier molecular flexibility index (Phi) is 5.19. The molecule has 0 aliphatic rings. The lowest BCUT2D eigenvalue weighted by molar-refractivity contribution is -0.385. The highest BCUT2D eigenvalue weighted by Gasteiger charge is 2.16. The van der Waals surface area contributed by atoms with E-state index in [1.54, 1.807) is 12.1 Å². The van der Waals surface area contributed by atoms with E-state index in [-0.39, 0.29) is 10.6 Å². The fraction of sp³-hybridized carbons (Fsp3) is 0. The number of rotatable bonds is 5. The molecule has 0 radical (unpaired) electrons. The van der Waals surface area contributed by atoms with Gasteiger partial charge in [-0.1, -0.05) is 35.3 Å². The molecule has 1 N–H and O–H groups in total. The van der Waals surface area contributed by atoms with E-state index in [4.69, 9.17) is 23.2 Å². The van der Waals surface area contributed by atoms with Crippen LogP contribution < -0.4 is 4.83 Å². The maximum absolute atomic E-state index is 12.0. The topological polar surface area (TPSA) is 102 Å². The standard InChI is InChI=1S/C13H9Cl2N3O4S/c14-12-5-4-9(6-13(12)15)8-16-17-23(21,22)11-3-1-2-10(7-11)18(19)20/h1-8,17H/b16-8+. The van der Waals surface area contributed by atoms with Gasteiger partial charge in [0, 0.05) is 12.1 Å². The lowest BCUT2D eigenvalue weighted by atomic mass is 10.2. The van der Waals surface area contributed by atoms with Crippen LogP contribution >= 0.6 is 23.2 Å². The highest BCUT2D eigenvalue weighted by Crippen LogP contribution is 2.22. The third kappa shape index (κ3) is 4.41. The first-order chi connectivity index (χ1) is 10.8. The SMILES string of the molecule is O=[N+]([O-])c1cccc(S(=O)(=O)N/N=C/c2ccc(Cl)c(Cl)c2)c1. The van der Waals surface area contributed by atoms with Crippen molar-refractivity contribution >= 4 is 45.1 Å². The van der Waals surface area contributed by atoms with Gasteiger partial charge in [0.05, 0.1) is 26.1 Å². The Balaban J connectivity index is 2.18. The number of sulfonamides is 1. The number of nitrogens with one attached hydrogen (secondary N) is 1. The van der Waals surface area contributed by atoms with E-state index in [9.17, 15) is 18.5 Å². The smallest absolute Gasteiger partial charge is 0.258 e. The van der Waals surface area contributed by atoms with Crippen LogP contribution in [0.4, 0.5) is 5.69 Å². The number of halogens is 2. The van der Waals surface area contributed by atoms with Crippen molar-refractivity contribution in [1.29, 1.82) is 0 Å². The largest absolute Gasteiger partial charge is 0.276 e. The summed E-state index contributed by atoms with van der Waals surface area (Å²) in [6.07, 6.45) is 1.23. The van der Waals surface area contributed by atoms with Gasteiger partial charge in [-0.2, -0.15) is 13.5 Å². The van der Waals surface area contributed by atoms with Gasteiger partial charge in [0.1, 0.15) is 0 Å². The van der Waals surface area contributed by atoms with Crippen molar-refractivity contribution in [3.63, 3.8) is 0 Å². The molecule has 0 heterocycles. The summed E-state index contributed by atoms with van der Waals surface area (Å²) in [4.78, 5) is 11.7. The van der Waals surface area contributed by atoms with E-state index in [1.807, 2.05) is 4.83 Å². The predicted octanol–water partition coefficient (Wildman–Crippen LogP) is 3.21. The van der Waals surface area contributed by atoms with Crippen LogP contribution in [0.3, 0.4) is 0 Å². The van der Waals surface area contributed by atoms with Crippen molar-refractivity contribution in [2.24, 2.45) is 5.10 Å². The van der Waals surface area contributed by atoms with Crippen LogP contribution in [0.15, 0.2) is 52.5 Å². The number of nitro benzene ring substituents is 1. The van der Waals surface area contributed by atoms with E-state index in [0.29, 0.717) is 15.6 Å². The van der Waals surface area contributed by atoms with Gasteiger partial charge in [-0.15, -0.1) is 0 Å². The molecule has 0 spiro atoms. The second kappa shape index (κ2) is 6.95. The molecule has 0 aliphatic carbocycles. The normalized spacial score (nSPS) is 11.6. The quantitative estimate of drug-likeness (QED) is 0.493. The van der Waals surface area contributed by atoms with Gasteiger partial charge in [0.2, 0.25) is 0 Å². The van der Waals surface area contributed by atoms with Crippen LogP contribution in [0.1, 0.15) is 5.56 Å². The van der Waals surface area contributed by atoms with Gasteiger partial charge >= 0.3 is 0 Å². The third-order valence-electron chi connectivity index (χ3n) is 2.67. The highest BCUT2D eigenvalue weighted by molar-refractivity contribution is 7.89. The van der Waals surface area contributed by atoms with Gasteiger partial charge in [0.15, 0.2) is 0 Å². The van der Waals surface area contributed by atoms with Crippen LogP contribution in [0, 0.1) is 10.1 Å². The number of hydrazone groups is 1. The summed E-state index contributed by atoms with van der Waals surface area (Å²) in [7, 11) is -4.02. The third-order valence-corrected chi connectivity index (χ3v) is 4.63. The van der Waals surface area contributed by atoms with Crippen LogP contribution in [0.5, 0.6) is 0 Å². The molecular formula is C13H9Cl2N3O4S. The first-order valence-corrected chi connectivity index (χ1v) is 8.28. The molecule has 10 heteroatoms. The minimum Gasteiger partial charge on any atom is -0.258 e. The number of benzene rings is 2. The van der Waals surface area contributed by atoms with Crippen LogP contribution in [0.25, 0.3) is 0 Å². The molecule has 7 nitrogen and oxygen atoms in total. The fourth-order valence-corrected chi connectivity index (χ4v) is 2.72. The maximum atomic E-state index is 12.0. The summed E-state index contributed by atoms with van der Waals surface area (Å²) in [6.45, 7) is 0. The molecule has 0 saturated carbocycles. The summed E-state index contributed by atoms with van der Waals surface area (Å²) >= 11 is 11.6. The van der Waals surface area contributed by atoms with Gasteiger partial charge in [-0.25, -0.2) is 4.83 Å². The van der Waals surface area contributed by atoms with Crippen molar-refractivity contribution in [3.8, 4) is 0 Å². The number of nitro groups is 1. The average Bonchev–Trinajstić information content (AvgIpc) is 2.51. The van der Waals surface area contributed by atoms with Gasteiger partial charge in [-0.3, -0.25) is 10.1 Å². The highest BCUT2D eigenvalue weighted by atomic mass is 35.5. The number of hydrogen-bond acceptors (Lipinski definition) is 5. The van der Waals surface area contributed by atoms with E-state index in [2.05, 4.69) is 5.10 Å². The fourth-order valence-electron chi connectivity index (χ4n) is 1.58. The lowest BCUT2D eigenvalue weighted by Gasteiger charge is -2.03. The van der Waals surface area contributed by atoms with E-state index in [0.717, 1.165) is 6.07 Å². The Hall–Kier alpha value is -2.16. The number of nitrogens with zero attached hydrogens (tertiary/aromatic N) is 2. The lowest BCUT2D eigenvalue weighted by Crippen LogP contribution is -2.18. The molecule has 0 atom stereocenters. The van der Waals surface area contributed by atoms with Crippen molar-refractivity contribution in [2.45, 2.75) is 4.90 Å². The Morgan fingerprint density at radius 2 is 1.87 bits per heavy atom. The molecule has 0 aromatic heterocycles. The van der Waals surface area contributed by atoms with Crippen molar-refractivity contribution in [3.05, 3.63) is 68.2 Å². The van der Waals surface area contributed by atoms with Gasteiger partial charge in [-0.05, 0) is 23.8 Å². The zero-order valence-corrected chi connectivity index (χ0v) is 13.6. The van der Waals surface area contributed by atoms with Gasteiger partial charge < -0.3 is 0 Å². The summed E-state index contributed by atoms with van der Waals surface area (Å²) in [6, 6.07) is 9.28. The molecule has 0 saturated heterocycles. The van der Waals surface area contributed by atoms with Crippen LogP contribution in [-0.4, -0.2) is 19.6 Å². The van der Waals surface area contributed by atoms with Gasteiger partial charge in [0.25, 0.3) is 15.7 Å². The van der Waals surface area contributed by atoms with Crippen LogP contribution in [0.2, 0.25) is 10.0 Å². The molecule has 0 fully saturated rings. The first kappa shape index (κ1) is 17.2. The Labute approximate surface area is 141 Å². The molecule has 2 aromatic carbocycles. The number of non-ortho nitro benzene ring substituents is 1. The van der Waals surface area contributed by atoms with E-state index in [1.165, 1.54) is 30.5 Å². The summed E-state index contributed by atoms with van der Waals surface area (Å²) in [5.74, 6) is 0. The second-order valence-electron chi connectivity index (χ2n) is 4.28. The summed E-state index contributed by atoms with van der Waals surface area (Å²) in [5, 5.41) is 14.9. The Morgan fingerprint density at radius 1 is 1.13 bits per heavy atom. The second-order valence-corrected chi connectivity index (χ2v) is 6.76. The minimum atomic E-state index is -4.02. The average molecular weight is 374 g/mol. The molecule has 0 bridgehead atoms. The zero-order chi connectivity index (χ0) is 17.0. The minimum absolute atomic E-state index is 0.266. The Bertz CT molecular complexity index is 885.